The normalized spacial score (nSPS) is 12.4. The Morgan fingerprint density at radius 3 is 2.86 bits per heavy atom. The minimum Gasteiger partial charge on any atom is -0.404 e. The molecule has 0 aliphatic heterocycles. The number of rotatable bonds is 4. The van der Waals surface area contributed by atoms with Gasteiger partial charge in [0.05, 0.1) is 22.7 Å². The van der Waals surface area contributed by atoms with E-state index in [0.717, 1.165) is 16.9 Å². The van der Waals surface area contributed by atoms with Crippen molar-refractivity contribution < 1.29 is 0 Å². The lowest BCUT2D eigenvalue weighted by Gasteiger charge is -2.07. The summed E-state index contributed by atoms with van der Waals surface area (Å²) in [5.41, 5.74) is 15.0. The number of hydrogen-bond acceptors (Lipinski definition) is 4. The van der Waals surface area contributed by atoms with Crippen molar-refractivity contribution in [1.82, 2.24) is 9.55 Å². The van der Waals surface area contributed by atoms with E-state index in [9.17, 15) is 0 Å². The zero-order valence-corrected chi connectivity index (χ0v) is 11.9. The van der Waals surface area contributed by atoms with Crippen molar-refractivity contribution in [3.8, 4) is 6.07 Å². The lowest BCUT2D eigenvalue weighted by Crippen LogP contribution is -2.03. The van der Waals surface area contributed by atoms with Crippen molar-refractivity contribution in [3.63, 3.8) is 0 Å². The Morgan fingerprint density at radius 1 is 1.52 bits per heavy atom. The van der Waals surface area contributed by atoms with Gasteiger partial charge in [-0.05, 0) is 37.3 Å². The summed E-state index contributed by atoms with van der Waals surface area (Å²) in [6, 6.07) is 7.54. The molecule has 5 heteroatoms. The van der Waals surface area contributed by atoms with Crippen LogP contribution < -0.4 is 11.5 Å². The van der Waals surface area contributed by atoms with Crippen LogP contribution >= 0.6 is 0 Å². The Morgan fingerprint density at radius 2 is 2.29 bits per heavy atom. The molecule has 1 aromatic heterocycles. The smallest absolute Gasteiger partial charge is 0.142 e. The number of allylic oxidation sites excluding steroid dienone is 3. The van der Waals surface area contributed by atoms with Crippen LogP contribution in [-0.2, 0) is 6.54 Å². The first kappa shape index (κ1) is 14.4. The lowest BCUT2D eigenvalue weighted by atomic mass is 10.2. The second-order valence-corrected chi connectivity index (χ2v) is 4.47. The summed E-state index contributed by atoms with van der Waals surface area (Å²) in [5, 5.41) is 9.03. The van der Waals surface area contributed by atoms with Gasteiger partial charge in [-0.1, -0.05) is 6.58 Å². The zero-order valence-electron chi connectivity index (χ0n) is 11.9. The van der Waals surface area contributed by atoms with Gasteiger partial charge >= 0.3 is 0 Å². The molecule has 0 spiro atoms. The van der Waals surface area contributed by atoms with Crippen LogP contribution in [-0.4, -0.2) is 9.55 Å². The molecule has 1 aromatic carbocycles. The van der Waals surface area contributed by atoms with Crippen molar-refractivity contribution in [2.75, 3.05) is 0 Å². The molecule has 2 aromatic rings. The second-order valence-electron chi connectivity index (χ2n) is 4.47. The van der Waals surface area contributed by atoms with Crippen molar-refractivity contribution in [3.05, 3.63) is 60.2 Å². The summed E-state index contributed by atoms with van der Waals surface area (Å²) >= 11 is 0. The van der Waals surface area contributed by atoms with E-state index in [1.807, 2.05) is 23.6 Å². The average Bonchev–Trinajstić information content (AvgIpc) is 2.89. The average molecular weight is 279 g/mol. The highest BCUT2D eigenvalue weighted by atomic mass is 15.1. The Labute approximate surface area is 123 Å². The molecule has 0 saturated carbocycles. The maximum Gasteiger partial charge on any atom is 0.142 e. The van der Waals surface area contributed by atoms with Crippen LogP contribution in [0.5, 0.6) is 0 Å². The summed E-state index contributed by atoms with van der Waals surface area (Å²) in [6.45, 7) is 6.35. The molecule has 0 saturated heterocycles. The summed E-state index contributed by atoms with van der Waals surface area (Å²) in [7, 11) is 0. The predicted molar refractivity (Wildman–Crippen MR) is 84.8 cm³/mol. The third-order valence-electron chi connectivity index (χ3n) is 3.19. The Hall–Kier alpha value is -3.00. The fraction of sp³-hybridized carbons (Fsp3) is 0.125. The van der Waals surface area contributed by atoms with Gasteiger partial charge in [-0.3, -0.25) is 0 Å². The van der Waals surface area contributed by atoms with Gasteiger partial charge in [0, 0.05) is 24.0 Å². The van der Waals surface area contributed by atoms with E-state index in [0.29, 0.717) is 23.4 Å². The molecule has 0 unspecified atom stereocenters. The zero-order chi connectivity index (χ0) is 15.4. The second kappa shape index (κ2) is 5.97. The van der Waals surface area contributed by atoms with Crippen LogP contribution in [0.2, 0.25) is 0 Å². The fourth-order valence-electron chi connectivity index (χ4n) is 2.16. The van der Waals surface area contributed by atoms with Gasteiger partial charge in [0.25, 0.3) is 0 Å². The Bertz CT molecular complexity index is 787. The first-order valence-electron chi connectivity index (χ1n) is 6.56. The van der Waals surface area contributed by atoms with Crippen molar-refractivity contribution in [2.24, 2.45) is 11.5 Å². The molecule has 0 aliphatic rings. The van der Waals surface area contributed by atoms with Crippen LogP contribution in [0, 0.1) is 11.3 Å². The maximum atomic E-state index is 9.03. The molecule has 2 rings (SSSR count). The molecule has 21 heavy (non-hydrogen) atoms. The van der Waals surface area contributed by atoms with Crippen LogP contribution in [0.25, 0.3) is 16.6 Å². The summed E-state index contributed by atoms with van der Waals surface area (Å²) < 4.78 is 2.00. The third-order valence-corrected chi connectivity index (χ3v) is 3.19. The molecule has 106 valence electrons. The van der Waals surface area contributed by atoms with Gasteiger partial charge in [-0.25, -0.2) is 4.98 Å². The molecule has 0 bridgehead atoms. The first-order valence-corrected chi connectivity index (χ1v) is 6.56. The number of aromatic nitrogens is 2. The van der Waals surface area contributed by atoms with E-state index in [2.05, 4.69) is 17.6 Å². The van der Waals surface area contributed by atoms with Gasteiger partial charge in [0.2, 0.25) is 0 Å². The SMILES string of the molecule is C=C/C(N)=C/C(=C\N)c1nc2ccc(C#N)cc2n1CC. The minimum atomic E-state index is 0.513. The molecule has 0 radical (unpaired) electrons. The number of fused-ring (bicyclic) bond motifs is 1. The third kappa shape index (κ3) is 2.65. The van der Waals surface area contributed by atoms with Crippen LogP contribution in [0.3, 0.4) is 0 Å². The van der Waals surface area contributed by atoms with Gasteiger partial charge in [0.15, 0.2) is 0 Å². The molecule has 0 fully saturated rings. The van der Waals surface area contributed by atoms with Gasteiger partial charge in [-0.2, -0.15) is 5.26 Å². The Kier molecular flexibility index (Phi) is 4.10. The van der Waals surface area contributed by atoms with Crippen molar-refractivity contribution in [1.29, 1.82) is 5.26 Å². The van der Waals surface area contributed by atoms with E-state index in [-0.39, 0.29) is 0 Å². The number of imidazole rings is 1. The molecule has 0 aliphatic carbocycles. The summed E-state index contributed by atoms with van der Waals surface area (Å²) in [5.74, 6) is 0.717. The van der Waals surface area contributed by atoms with E-state index >= 15 is 0 Å². The van der Waals surface area contributed by atoms with Crippen LogP contribution in [0.1, 0.15) is 18.3 Å². The van der Waals surface area contributed by atoms with Gasteiger partial charge in [-0.15, -0.1) is 0 Å². The number of nitrogens with two attached hydrogens (primary N) is 2. The fourth-order valence-corrected chi connectivity index (χ4v) is 2.16. The molecular formula is C16H17N5. The highest BCUT2D eigenvalue weighted by Gasteiger charge is 2.13. The largest absolute Gasteiger partial charge is 0.404 e. The summed E-state index contributed by atoms with van der Waals surface area (Å²) in [6.07, 6.45) is 4.75. The van der Waals surface area contributed by atoms with Crippen LogP contribution in [0.15, 0.2) is 48.8 Å². The lowest BCUT2D eigenvalue weighted by molar-refractivity contribution is 0.774. The van der Waals surface area contributed by atoms with Crippen molar-refractivity contribution >= 4 is 16.6 Å². The molecular weight excluding hydrogens is 262 g/mol. The van der Waals surface area contributed by atoms with E-state index in [4.69, 9.17) is 16.7 Å². The van der Waals surface area contributed by atoms with Crippen molar-refractivity contribution in [2.45, 2.75) is 13.5 Å². The topological polar surface area (TPSA) is 93.7 Å². The quantitative estimate of drug-likeness (QED) is 0.839. The molecule has 0 amide bonds. The highest BCUT2D eigenvalue weighted by Crippen LogP contribution is 2.23. The highest BCUT2D eigenvalue weighted by molar-refractivity contribution is 5.83. The summed E-state index contributed by atoms with van der Waals surface area (Å²) in [4.78, 5) is 4.59. The monoisotopic (exact) mass is 279 g/mol. The molecule has 1 heterocycles. The van der Waals surface area contributed by atoms with Gasteiger partial charge < -0.3 is 16.0 Å². The molecule has 5 nitrogen and oxygen atoms in total. The van der Waals surface area contributed by atoms with E-state index < -0.39 is 0 Å². The standard InChI is InChI=1S/C16H17N5/c1-3-13(19)8-12(10-18)16-20-14-6-5-11(9-17)7-15(14)21(16)4-2/h3,5-8,10H,1,4,18-19H2,2H3/b12-10+,13-8-. The number of nitrogens with zero attached hydrogens (tertiary/aromatic N) is 3. The Balaban J connectivity index is 2.69. The molecule has 4 N–H and O–H groups in total. The predicted octanol–water partition coefficient (Wildman–Crippen LogP) is 2.26. The number of benzene rings is 1. The van der Waals surface area contributed by atoms with E-state index in [1.54, 1.807) is 18.2 Å². The first-order chi connectivity index (χ1) is 10.1. The maximum absolute atomic E-state index is 9.03. The number of aryl methyl sites for hydroxylation is 1. The number of nitriles is 1. The van der Waals surface area contributed by atoms with Gasteiger partial charge in [0.1, 0.15) is 5.82 Å². The van der Waals surface area contributed by atoms with E-state index in [1.165, 1.54) is 6.20 Å². The van der Waals surface area contributed by atoms with Crippen LogP contribution in [0.4, 0.5) is 0 Å². The minimum absolute atomic E-state index is 0.513. The molecule has 0 atom stereocenters. The number of hydrogen-bond donors (Lipinski definition) is 2.